The zero-order valence-corrected chi connectivity index (χ0v) is 4.89. The van der Waals surface area contributed by atoms with Crippen LogP contribution in [0, 0.1) is 10.1 Å². The van der Waals surface area contributed by atoms with E-state index in [2.05, 4.69) is 10.9 Å². The molecule has 0 aliphatic rings. The summed E-state index contributed by atoms with van der Waals surface area (Å²) < 4.78 is 0. The van der Waals surface area contributed by atoms with Gasteiger partial charge in [-0.25, -0.2) is 0 Å². The zero-order valence-electron chi connectivity index (χ0n) is 4.89. The lowest BCUT2D eigenvalue weighted by molar-refractivity contribution is -0.742. The van der Waals surface area contributed by atoms with Gasteiger partial charge in [0.25, 0.3) is 5.09 Å². The van der Waals surface area contributed by atoms with E-state index in [1.165, 1.54) is 0 Å². The molecule has 0 amide bonds. The Hall–Kier alpha value is -1.77. The van der Waals surface area contributed by atoms with E-state index >= 15 is 0 Å². The fourth-order valence-corrected chi connectivity index (χ4v) is 0. The molecule has 0 aliphatic heterocycles. The second-order valence-electron chi connectivity index (χ2n) is 0.792. The van der Waals surface area contributed by atoms with E-state index < -0.39 is 5.09 Å². The van der Waals surface area contributed by atoms with Crippen LogP contribution in [-0.2, 0) is 0 Å². The average molecular weight is 155 g/mol. The van der Waals surface area contributed by atoms with Crippen LogP contribution in [0.4, 0.5) is 0 Å². The molecule has 0 aromatic carbocycles. The maximum atomic E-state index is 8.36. The molecular formula is CH9N5O4. The minimum absolute atomic E-state index is 0. The van der Waals surface area contributed by atoms with Crippen LogP contribution in [0.25, 0.3) is 0 Å². The highest BCUT2D eigenvalue weighted by Gasteiger charge is 1.65. The molecule has 9 heteroatoms. The topological polar surface area (TPSA) is 185 Å². The molecule has 62 valence electrons. The third kappa shape index (κ3) is 3220. The second-order valence-corrected chi connectivity index (χ2v) is 0.792. The van der Waals surface area contributed by atoms with Crippen LogP contribution in [0.15, 0.2) is 5.10 Å². The zero-order chi connectivity index (χ0) is 7.86. The van der Waals surface area contributed by atoms with Gasteiger partial charge in [-0.3, -0.25) is 0 Å². The van der Waals surface area contributed by atoms with Gasteiger partial charge in [0.2, 0.25) is 5.96 Å². The van der Waals surface area contributed by atoms with E-state index in [0.29, 0.717) is 0 Å². The predicted molar refractivity (Wildman–Crippen MR) is 32.4 cm³/mol. The van der Waals surface area contributed by atoms with E-state index in [0.717, 1.165) is 0 Å². The molecule has 0 heterocycles. The van der Waals surface area contributed by atoms with Gasteiger partial charge in [-0.15, -0.1) is 15.2 Å². The summed E-state index contributed by atoms with van der Waals surface area (Å²) in [5.41, 5.74) is 9.39. The number of rotatable bonds is 0. The lowest BCUT2D eigenvalue weighted by atomic mass is 11.1. The lowest BCUT2D eigenvalue weighted by Gasteiger charge is -1.76. The van der Waals surface area contributed by atoms with Gasteiger partial charge < -0.3 is 28.0 Å². The van der Waals surface area contributed by atoms with E-state index in [1.54, 1.807) is 0 Å². The Morgan fingerprint density at radius 1 is 1.60 bits per heavy atom. The molecule has 0 spiro atoms. The van der Waals surface area contributed by atoms with Crippen LogP contribution in [0.3, 0.4) is 0 Å². The van der Waals surface area contributed by atoms with Gasteiger partial charge in [-0.2, -0.15) is 0 Å². The molecule has 9 N–H and O–H groups in total. The van der Waals surface area contributed by atoms with Gasteiger partial charge in [-0.05, 0) is 0 Å². The smallest absolute Gasteiger partial charge is 0.291 e. The number of nitrogens with zero attached hydrogens (tertiary/aromatic N) is 2. The summed E-state index contributed by atoms with van der Waals surface area (Å²) in [7, 11) is 0. The molecule has 0 saturated heterocycles. The van der Waals surface area contributed by atoms with Gasteiger partial charge >= 0.3 is 0 Å². The number of hydrazone groups is 1. The van der Waals surface area contributed by atoms with E-state index in [9.17, 15) is 0 Å². The molecule has 0 aliphatic carbocycles. The third-order valence-electron chi connectivity index (χ3n) is 0.149. The Labute approximate surface area is 55.5 Å². The Morgan fingerprint density at radius 2 is 1.70 bits per heavy atom. The monoisotopic (exact) mass is 155 g/mol. The molecule has 0 radical (unpaired) electrons. The van der Waals surface area contributed by atoms with Crippen molar-refractivity contribution in [1.82, 2.24) is 0 Å². The van der Waals surface area contributed by atoms with Crippen molar-refractivity contribution in [3.05, 3.63) is 10.1 Å². The molecule has 9 nitrogen and oxygen atoms in total. The molecule has 0 aromatic heterocycles. The fourth-order valence-electron chi connectivity index (χ4n) is 0. The molecule has 0 saturated carbocycles. The minimum atomic E-state index is -1.50. The summed E-state index contributed by atoms with van der Waals surface area (Å²) in [4.78, 5) is 8.36. The lowest BCUT2D eigenvalue weighted by Crippen LogP contribution is -2.23. The van der Waals surface area contributed by atoms with Crippen LogP contribution >= 0.6 is 0 Å². The number of guanidine groups is 1. The highest BCUT2D eigenvalue weighted by atomic mass is 16.9. The van der Waals surface area contributed by atoms with Crippen molar-refractivity contribution in [2.45, 2.75) is 0 Å². The Balaban J connectivity index is -0.0000000910. The fraction of sp³-hybridized carbons (Fsp3) is 0. The average Bonchev–Trinajstić information content (AvgIpc) is 1.65. The maximum Gasteiger partial charge on any atom is 0.291 e. The maximum absolute atomic E-state index is 8.36. The highest BCUT2D eigenvalue weighted by Crippen LogP contribution is 1.38. The molecule has 0 rings (SSSR count). The minimum Gasteiger partial charge on any atom is -0.412 e. The van der Waals surface area contributed by atoms with Crippen molar-refractivity contribution in [1.29, 1.82) is 0 Å². The predicted octanol–water partition coefficient (Wildman–Crippen LogP) is -3.04. The third-order valence-corrected chi connectivity index (χ3v) is 0.149. The first-order chi connectivity index (χ1) is 4.00. The summed E-state index contributed by atoms with van der Waals surface area (Å²) in [6.07, 6.45) is 0. The highest BCUT2D eigenvalue weighted by molar-refractivity contribution is 5.75. The number of nitrogens with two attached hydrogens (primary N) is 3. The van der Waals surface area contributed by atoms with Crippen LogP contribution in [-0.4, -0.2) is 21.7 Å². The second kappa shape index (κ2) is 10.3. The molecule has 10 heavy (non-hydrogen) atoms. The Morgan fingerprint density at radius 3 is 1.70 bits per heavy atom. The standard InChI is InChI=1S/CH6N4.HNO3.H2O/c2-1(3)5-4;2-1(3)4;/h4H2,(H4,2,3,5);(H,2,3,4);1H2. The van der Waals surface area contributed by atoms with Crippen LogP contribution < -0.4 is 17.3 Å². The molecule has 0 bridgehead atoms. The van der Waals surface area contributed by atoms with Crippen molar-refractivity contribution in [3.8, 4) is 0 Å². The summed E-state index contributed by atoms with van der Waals surface area (Å²) in [5, 5.41) is 16.5. The largest absolute Gasteiger partial charge is 0.412 e. The number of hydrogen-bond donors (Lipinski definition) is 4. The molecular weight excluding hydrogens is 146 g/mol. The quantitative estimate of drug-likeness (QED) is 0.0945. The Bertz CT molecular complexity index is 102. The van der Waals surface area contributed by atoms with Crippen LogP contribution in [0.2, 0.25) is 0 Å². The first-order valence-electron chi connectivity index (χ1n) is 1.62. The van der Waals surface area contributed by atoms with E-state index in [-0.39, 0.29) is 11.4 Å². The van der Waals surface area contributed by atoms with Gasteiger partial charge in [0.05, 0.1) is 0 Å². The van der Waals surface area contributed by atoms with Crippen molar-refractivity contribution >= 4 is 5.96 Å². The van der Waals surface area contributed by atoms with Crippen LogP contribution in [0.1, 0.15) is 0 Å². The van der Waals surface area contributed by atoms with Crippen LogP contribution in [0.5, 0.6) is 0 Å². The number of hydrogen-bond acceptors (Lipinski definition) is 4. The van der Waals surface area contributed by atoms with Crippen molar-refractivity contribution in [2.24, 2.45) is 22.4 Å². The van der Waals surface area contributed by atoms with Crippen molar-refractivity contribution < 1.29 is 15.8 Å². The first kappa shape index (κ1) is 15.7. The first-order valence-corrected chi connectivity index (χ1v) is 1.62. The van der Waals surface area contributed by atoms with E-state index in [4.69, 9.17) is 26.8 Å². The summed E-state index contributed by atoms with van der Waals surface area (Å²) >= 11 is 0. The summed E-state index contributed by atoms with van der Waals surface area (Å²) in [6.45, 7) is 0. The molecule has 0 atom stereocenters. The molecule has 0 fully saturated rings. The van der Waals surface area contributed by atoms with E-state index in [1.807, 2.05) is 0 Å². The summed E-state index contributed by atoms with van der Waals surface area (Å²) in [5.74, 6) is 4.42. The normalized spacial score (nSPS) is 5.60. The van der Waals surface area contributed by atoms with Gasteiger partial charge in [0, 0.05) is 0 Å². The van der Waals surface area contributed by atoms with Crippen molar-refractivity contribution in [3.63, 3.8) is 0 Å². The summed E-state index contributed by atoms with van der Waals surface area (Å²) in [6, 6.07) is 0. The Kier molecular flexibility index (Phi) is 16.1. The van der Waals surface area contributed by atoms with Gasteiger partial charge in [0.15, 0.2) is 0 Å². The molecule has 0 aromatic rings. The van der Waals surface area contributed by atoms with Gasteiger partial charge in [0.1, 0.15) is 0 Å². The SMILES string of the molecule is NN=C(N)N.O.O=[N+]([O-])O. The van der Waals surface area contributed by atoms with Crippen molar-refractivity contribution in [2.75, 3.05) is 0 Å². The molecule has 0 unspecified atom stereocenters. The van der Waals surface area contributed by atoms with Gasteiger partial charge in [-0.1, -0.05) is 0 Å².